The minimum Gasteiger partial charge on any atom is -0.507 e. The van der Waals surface area contributed by atoms with E-state index < -0.39 is 46.6 Å². The van der Waals surface area contributed by atoms with Crippen molar-refractivity contribution in [3.05, 3.63) is 82.0 Å². The largest absolute Gasteiger partial charge is 0.507 e. The Bertz CT molecular complexity index is 1640. The second-order valence-electron chi connectivity index (χ2n) is 9.09. The average molecular weight is 493 g/mol. The number of ether oxygens (including phenoxy) is 2. The number of carbonyl (C=O) groups is 3. The van der Waals surface area contributed by atoms with Crippen LogP contribution >= 0.6 is 0 Å². The molecule has 0 radical (unpaired) electrons. The van der Waals surface area contributed by atoms with E-state index >= 15 is 0 Å². The van der Waals surface area contributed by atoms with Crippen LogP contribution in [0.4, 0.5) is 5.69 Å². The number of methoxy groups -OCH3 is 1. The summed E-state index contributed by atoms with van der Waals surface area (Å²) in [7, 11) is 1.24. The monoisotopic (exact) mass is 493 g/mol. The number of phenols is 1. The van der Waals surface area contributed by atoms with Gasteiger partial charge in [-0.2, -0.15) is 0 Å². The van der Waals surface area contributed by atoms with Crippen molar-refractivity contribution in [1.29, 1.82) is 0 Å². The van der Waals surface area contributed by atoms with E-state index in [1.54, 1.807) is 25.1 Å². The van der Waals surface area contributed by atoms with Gasteiger partial charge in [0.25, 0.3) is 0 Å². The normalized spacial score (nSPS) is 28.9. The van der Waals surface area contributed by atoms with Gasteiger partial charge < -0.3 is 25.0 Å². The van der Waals surface area contributed by atoms with Crippen LogP contribution in [0.1, 0.15) is 44.3 Å². The number of aromatic hydroxyl groups is 1. The molecule has 2 aliphatic carbocycles. The first kappa shape index (κ1) is 22.8. The Kier molecular flexibility index (Phi) is 4.74. The molecule has 2 aliphatic heterocycles. The first-order chi connectivity index (χ1) is 17.8. The molecule has 0 spiro atoms. The second-order valence-corrected chi connectivity index (χ2v) is 9.09. The Morgan fingerprint density at radius 1 is 1.11 bits per heavy atom. The molecule has 8 heteroatoms. The van der Waals surface area contributed by atoms with E-state index in [4.69, 9.17) is 9.47 Å². The number of fused-ring (bicyclic) bond motifs is 4. The maximum Gasteiger partial charge on any atom is 0.330 e. The van der Waals surface area contributed by atoms with Crippen molar-refractivity contribution in [1.82, 2.24) is 0 Å². The molecule has 0 aromatic heterocycles. The van der Waals surface area contributed by atoms with E-state index in [0.29, 0.717) is 5.57 Å². The Morgan fingerprint density at radius 2 is 1.76 bits per heavy atom. The highest BCUT2D eigenvalue weighted by molar-refractivity contribution is 6.31. The Hall–Kier alpha value is -4.63. The summed E-state index contributed by atoms with van der Waals surface area (Å²) in [6.45, 7) is 1.64. The molecule has 4 aliphatic rings. The number of nitrogens with one attached hydrogen (secondary N) is 1. The number of aliphatic hydroxyl groups excluding tert-OH is 1. The predicted molar refractivity (Wildman–Crippen MR) is 131 cm³/mol. The Balaban J connectivity index is 1.67. The zero-order valence-electron chi connectivity index (χ0n) is 19.7. The van der Waals surface area contributed by atoms with E-state index in [0.717, 1.165) is 0 Å². The van der Waals surface area contributed by atoms with Gasteiger partial charge in [0.15, 0.2) is 28.9 Å². The lowest BCUT2D eigenvalue weighted by Crippen LogP contribution is -2.50. The number of ketones is 2. The standard InChI is InChI=1S/C29H19NO7/c1-15(13-22(33)36-2)28-20-11-5-3-4-6-12-21(32)29(28,37-28)18-14-19(31)23-24(25(18)30-20)27(35)17-10-8-7-9-16(17)26(23)34/h3-4,7-10,13-14,20-21,30-32H,1-2H3/b4-3-,15-13+/t20-,21+,28-,29?/m0/s1. The van der Waals surface area contributed by atoms with Crippen molar-refractivity contribution in [3.63, 3.8) is 0 Å². The molecule has 2 bridgehead atoms. The summed E-state index contributed by atoms with van der Waals surface area (Å²) in [5.74, 6) is 9.36. The van der Waals surface area contributed by atoms with Crippen LogP contribution in [0.3, 0.4) is 0 Å². The van der Waals surface area contributed by atoms with Crippen LogP contribution < -0.4 is 5.32 Å². The summed E-state index contributed by atoms with van der Waals surface area (Å²) < 4.78 is 11.1. The number of epoxide rings is 1. The van der Waals surface area contributed by atoms with Gasteiger partial charge in [-0.1, -0.05) is 47.9 Å². The van der Waals surface area contributed by atoms with Crippen molar-refractivity contribution in [3.8, 4) is 29.4 Å². The fourth-order valence-corrected chi connectivity index (χ4v) is 5.65. The second kappa shape index (κ2) is 7.68. The molecule has 2 aromatic rings. The molecule has 1 unspecified atom stereocenters. The van der Waals surface area contributed by atoms with Gasteiger partial charge in [-0.05, 0) is 30.7 Å². The molecule has 37 heavy (non-hydrogen) atoms. The molecule has 8 nitrogen and oxygen atoms in total. The number of hydrogen-bond acceptors (Lipinski definition) is 8. The molecular weight excluding hydrogens is 474 g/mol. The maximum atomic E-state index is 13.7. The third-order valence-corrected chi connectivity index (χ3v) is 7.31. The Labute approximate surface area is 211 Å². The van der Waals surface area contributed by atoms with Crippen molar-refractivity contribution in [2.45, 2.75) is 30.3 Å². The van der Waals surface area contributed by atoms with Gasteiger partial charge in [0.2, 0.25) is 0 Å². The number of anilines is 1. The minimum atomic E-state index is -1.60. The van der Waals surface area contributed by atoms with Gasteiger partial charge in [0.05, 0.1) is 23.9 Å². The van der Waals surface area contributed by atoms with E-state index in [2.05, 4.69) is 29.0 Å². The van der Waals surface area contributed by atoms with Crippen LogP contribution in [-0.2, 0) is 19.9 Å². The van der Waals surface area contributed by atoms with Gasteiger partial charge in [0, 0.05) is 22.8 Å². The van der Waals surface area contributed by atoms with E-state index in [9.17, 15) is 24.6 Å². The van der Waals surface area contributed by atoms with Crippen molar-refractivity contribution < 1.29 is 34.1 Å². The molecule has 1 fully saturated rings. The third-order valence-electron chi connectivity index (χ3n) is 7.31. The van der Waals surface area contributed by atoms with Crippen LogP contribution in [0.5, 0.6) is 5.75 Å². The van der Waals surface area contributed by atoms with E-state index in [1.165, 1.54) is 37.5 Å². The zero-order chi connectivity index (χ0) is 26.1. The lowest BCUT2D eigenvalue weighted by atomic mass is 9.69. The molecule has 182 valence electrons. The van der Waals surface area contributed by atoms with Gasteiger partial charge in [-0.25, -0.2) is 4.79 Å². The number of hydrogen-bond donors (Lipinski definition) is 3. The van der Waals surface area contributed by atoms with E-state index in [1.807, 2.05) is 0 Å². The molecular formula is C29H19NO7. The molecule has 2 aromatic carbocycles. The minimum absolute atomic E-state index is 0.0312. The summed E-state index contributed by atoms with van der Waals surface area (Å²) in [6, 6.07) is 6.83. The SMILES string of the molecule is COC(=O)/C=C(\C)[C@@]12OC13c1cc(O)c4c(c1N[C@H]2C#C/C=C\C#C[C@H]3O)C(=O)c1ccccc1C4=O. The van der Waals surface area contributed by atoms with Gasteiger partial charge in [-0.15, -0.1) is 0 Å². The quantitative estimate of drug-likeness (QED) is 0.163. The van der Waals surface area contributed by atoms with E-state index in [-0.39, 0.29) is 33.5 Å². The first-order valence-electron chi connectivity index (χ1n) is 11.5. The lowest BCUT2D eigenvalue weighted by Gasteiger charge is -2.37. The predicted octanol–water partition coefficient (Wildman–Crippen LogP) is 1.98. The molecule has 0 saturated carbocycles. The number of benzene rings is 2. The van der Waals surface area contributed by atoms with Crippen molar-refractivity contribution in [2.24, 2.45) is 0 Å². The summed E-state index contributed by atoms with van der Waals surface area (Å²) >= 11 is 0. The topological polar surface area (TPSA) is 125 Å². The number of allylic oxidation sites excluding steroid dienone is 2. The highest BCUT2D eigenvalue weighted by Gasteiger charge is 2.81. The maximum absolute atomic E-state index is 13.7. The number of esters is 1. The van der Waals surface area contributed by atoms with Crippen LogP contribution in [0.25, 0.3) is 0 Å². The number of rotatable bonds is 2. The smallest absolute Gasteiger partial charge is 0.330 e. The Morgan fingerprint density at radius 3 is 2.43 bits per heavy atom. The molecule has 2 heterocycles. The third kappa shape index (κ3) is 2.80. The van der Waals surface area contributed by atoms with Gasteiger partial charge >= 0.3 is 5.97 Å². The van der Waals surface area contributed by atoms with Crippen molar-refractivity contribution >= 4 is 23.2 Å². The molecule has 4 atom stereocenters. The summed E-state index contributed by atoms with van der Waals surface area (Å²) in [6.07, 6.45) is 2.80. The molecule has 0 amide bonds. The van der Waals surface area contributed by atoms with Crippen LogP contribution in [0, 0.1) is 23.7 Å². The molecule has 3 N–H and O–H groups in total. The lowest BCUT2D eigenvalue weighted by molar-refractivity contribution is -0.134. The molecule has 6 rings (SSSR count). The number of carbonyl (C=O) groups excluding carboxylic acids is 3. The highest BCUT2D eigenvalue weighted by atomic mass is 16.6. The highest BCUT2D eigenvalue weighted by Crippen LogP contribution is 2.68. The van der Waals surface area contributed by atoms with Crippen molar-refractivity contribution in [2.75, 3.05) is 12.4 Å². The summed E-state index contributed by atoms with van der Waals surface area (Å²) in [4.78, 5) is 39.2. The number of aliphatic hydroxyl groups is 1. The zero-order valence-corrected chi connectivity index (χ0v) is 19.7. The number of phenolic OH excluding ortho intramolecular Hbond substituents is 1. The van der Waals surface area contributed by atoms with Crippen LogP contribution in [0.15, 0.2) is 54.1 Å². The van der Waals surface area contributed by atoms with Gasteiger partial charge in [0.1, 0.15) is 11.8 Å². The summed E-state index contributed by atoms with van der Waals surface area (Å²) in [5.41, 5.74) is -1.94. The van der Waals surface area contributed by atoms with Gasteiger partial charge in [-0.3, -0.25) is 9.59 Å². The summed E-state index contributed by atoms with van der Waals surface area (Å²) in [5, 5.41) is 25.7. The molecule has 1 saturated heterocycles. The fourth-order valence-electron chi connectivity index (χ4n) is 5.65. The fraction of sp³-hybridized carbons (Fsp3) is 0.207. The average Bonchev–Trinajstić information content (AvgIpc) is 3.62. The van der Waals surface area contributed by atoms with Crippen LogP contribution in [0.2, 0.25) is 0 Å². The first-order valence-corrected chi connectivity index (χ1v) is 11.5. The van der Waals surface area contributed by atoms with Crippen LogP contribution in [-0.4, -0.2) is 52.6 Å².